The number of carbonyl (C=O) groups is 2. The zero-order valence-corrected chi connectivity index (χ0v) is 28.5. The first-order chi connectivity index (χ1) is 23.3. The van der Waals surface area contributed by atoms with E-state index in [2.05, 4.69) is 26.3 Å². The van der Waals surface area contributed by atoms with Gasteiger partial charge in [-0.1, -0.05) is 38.2 Å². The van der Waals surface area contributed by atoms with E-state index in [-0.39, 0.29) is 23.9 Å². The van der Waals surface area contributed by atoms with Gasteiger partial charge in [-0.25, -0.2) is 13.1 Å². The Bertz CT molecular complexity index is 1910. The van der Waals surface area contributed by atoms with Crippen LogP contribution >= 0.6 is 0 Å². The first-order valence-corrected chi connectivity index (χ1v) is 19.6. The molecule has 2 bridgehead atoms. The van der Waals surface area contributed by atoms with Crippen LogP contribution in [-0.2, 0) is 26.1 Å². The second-order valence-electron chi connectivity index (χ2n) is 15.3. The highest BCUT2D eigenvalue weighted by Gasteiger charge is 2.65. The minimum atomic E-state index is -3.76. The molecule has 2 amide bonds. The second-order valence-corrected chi connectivity index (χ2v) is 17.3. The van der Waals surface area contributed by atoms with Crippen LogP contribution in [0.3, 0.4) is 0 Å². The summed E-state index contributed by atoms with van der Waals surface area (Å²) >= 11 is 0. The van der Waals surface area contributed by atoms with Gasteiger partial charge in [0.1, 0.15) is 5.75 Å². The van der Waals surface area contributed by atoms with Gasteiger partial charge in [0.25, 0.3) is 5.91 Å². The van der Waals surface area contributed by atoms with Crippen molar-refractivity contribution in [2.24, 2.45) is 5.41 Å². The maximum atomic E-state index is 14.9. The number of morpholine rings is 1. The van der Waals surface area contributed by atoms with Crippen LogP contribution in [0.5, 0.6) is 5.75 Å². The largest absolute Gasteiger partial charge is 0.497 e. The summed E-state index contributed by atoms with van der Waals surface area (Å²) in [4.78, 5) is 30.7. The lowest BCUT2D eigenvalue weighted by Crippen LogP contribution is -2.52. The Morgan fingerprint density at radius 1 is 0.917 bits per heavy atom. The summed E-state index contributed by atoms with van der Waals surface area (Å²) in [6.45, 7) is 1.71. The number of sulfonamides is 1. The Kier molecular flexibility index (Phi) is 7.24. The third kappa shape index (κ3) is 4.68. The highest BCUT2D eigenvalue weighted by Crippen LogP contribution is 2.66. The van der Waals surface area contributed by atoms with Crippen molar-refractivity contribution >= 4 is 32.7 Å². The monoisotopic (exact) mass is 671 g/mol. The highest BCUT2D eigenvalue weighted by molar-refractivity contribution is 7.90. The van der Waals surface area contributed by atoms with Gasteiger partial charge in [-0.15, -0.1) is 0 Å². The number of nitrogens with zero attached hydrogens (tertiary/aromatic N) is 2. The third-order valence-electron chi connectivity index (χ3n) is 12.7. The molecule has 254 valence electrons. The topological polar surface area (TPSA) is 107 Å². The zero-order valence-electron chi connectivity index (χ0n) is 27.7. The molecule has 3 aliphatic carbocycles. The lowest BCUT2D eigenvalue weighted by molar-refractivity contribution is -0.147. The number of fused-ring (bicyclic) bond motifs is 9. The maximum Gasteiger partial charge on any atom is 0.264 e. The quantitative estimate of drug-likeness (QED) is 0.333. The van der Waals surface area contributed by atoms with Crippen molar-refractivity contribution < 1.29 is 27.5 Å². The third-order valence-corrected chi connectivity index (χ3v) is 14.5. The Balaban J connectivity index is 1.21. The molecule has 0 spiro atoms. The van der Waals surface area contributed by atoms with Crippen LogP contribution in [0.4, 0.5) is 0 Å². The SMILES string of the molecule is COc1ccc2c(c1)C1CC1(C(=O)N1[C@H]3CC[C@H]1COC3)Cn1c-2c(C2CCCCC2)c2ccc(C(=O)NS(=O)(=O)C3CCCC3)cc21. The van der Waals surface area contributed by atoms with Crippen molar-refractivity contribution in [3.8, 4) is 17.0 Å². The molecule has 48 heavy (non-hydrogen) atoms. The van der Waals surface area contributed by atoms with E-state index in [0.29, 0.717) is 44.1 Å². The number of methoxy groups -OCH3 is 1. The van der Waals surface area contributed by atoms with Gasteiger partial charge < -0.3 is 18.9 Å². The highest BCUT2D eigenvalue weighted by atomic mass is 32.2. The minimum absolute atomic E-state index is 0.0644. The number of benzene rings is 2. The van der Waals surface area contributed by atoms with Crippen molar-refractivity contribution in [3.05, 3.63) is 53.1 Å². The number of amides is 2. The molecule has 3 aliphatic heterocycles. The Morgan fingerprint density at radius 2 is 1.65 bits per heavy atom. The smallest absolute Gasteiger partial charge is 0.264 e. The van der Waals surface area contributed by atoms with Gasteiger partial charge in [-0.2, -0.15) is 0 Å². The molecule has 3 aromatic rings. The van der Waals surface area contributed by atoms with Gasteiger partial charge in [0.2, 0.25) is 15.9 Å². The Hall–Kier alpha value is -3.37. The average Bonchev–Trinajstić information content (AvgIpc) is 3.32. The van der Waals surface area contributed by atoms with Gasteiger partial charge >= 0.3 is 0 Å². The van der Waals surface area contributed by atoms with E-state index in [4.69, 9.17) is 9.47 Å². The van der Waals surface area contributed by atoms with Crippen LogP contribution in [-0.4, -0.2) is 67.4 Å². The second kappa shape index (κ2) is 11.3. The first kappa shape index (κ1) is 30.7. The average molecular weight is 672 g/mol. The molecule has 9 nitrogen and oxygen atoms in total. The van der Waals surface area contributed by atoms with Gasteiger partial charge in [-0.3, -0.25) is 9.59 Å². The molecule has 9 rings (SSSR count). The van der Waals surface area contributed by atoms with Crippen molar-refractivity contribution in [1.29, 1.82) is 0 Å². The maximum absolute atomic E-state index is 14.9. The van der Waals surface area contributed by atoms with E-state index >= 15 is 0 Å². The van der Waals surface area contributed by atoms with Crippen LogP contribution in [0.25, 0.3) is 22.2 Å². The number of rotatable bonds is 6. The molecule has 4 atom stereocenters. The molecule has 1 N–H and O–H groups in total. The molecule has 2 unspecified atom stereocenters. The summed E-state index contributed by atoms with van der Waals surface area (Å²) in [5, 5.41) is 0.580. The molecular weight excluding hydrogens is 627 g/mol. The van der Waals surface area contributed by atoms with Crippen LogP contribution in [0.2, 0.25) is 0 Å². The summed E-state index contributed by atoms with van der Waals surface area (Å²) < 4.78 is 42.6. The van der Waals surface area contributed by atoms with Crippen LogP contribution in [0.1, 0.15) is 110 Å². The summed E-state index contributed by atoms with van der Waals surface area (Å²) in [7, 11) is -2.07. The van der Waals surface area contributed by atoms with E-state index in [9.17, 15) is 18.0 Å². The predicted molar refractivity (Wildman–Crippen MR) is 183 cm³/mol. The van der Waals surface area contributed by atoms with Crippen LogP contribution in [0, 0.1) is 5.41 Å². The molecule has 6 aliphatic rings. The molecule has 2 saturated heterocycles. The Labute approximate surface area is 282 Å². The molecule has 4 heterocycles. The molecule has 10 heteroatoms. The van der Waals surface area contributed by atoms with E-state index in [1.807, 2.05) is 18.2 Å². The zero-order chi connectivity index (χ0) is 32.8. The van der Waals surface area contributed by atoms with Gasteiger partial charge in [-0.05, 0) is 92.3 Å². The summed E-state index contributed by atoms with van der Waals surface area (Å²) in [6, 6.07) is 12.3. The number of aromatic nitrogens is 1. The van der Waals surface area contributed by atoms with Crippen molar-refractivity contribution in [3.63, 3.8) is 0 Å². The fraction of sp³-hybridized carbons (Fsp3) is 0.579. The minimum Gasteiger partial charge on any atom is -0.497 e. The number of ether oxygens (including phenoxy) is 2. The summed E-state index contributed by atoms with van der Waals surface area (Å²) in [5.41, 5.74) is 5.39. The number of carbonyl (C=O) groups excluding carboxylic acids is 2. The number of hydrogen-bond acceptors (Lipinski definition) is 6. The molecular formula is C38H45N3O6S. The lowest BCUT2D eigenvalue weighted by Gasteiger charge is -2.37. The molecule has 2 aromatic carbocycles. The standard InChI is InChI=1S/C38H45N3O6S/c1-46-27-14-16-29-31(18-27)32-19-38(32,37(43)41-25-12-13-26(41)21-47-20-25)22-40-33-17-24(36(42)39-48(44,45)28-9-5-6-10-28)11-15-30(33)34(35(29)40)23-7-3-2-4-8-23/h11,14-18,23,25-26,28,32H,2-10,12-13,19-22H2,1H3,(H,39,42)/t25-,26-,32?,38?/m0/s1. The van der Waals surface area contributed by atoms with E-state index < -0.39 is 26.6 Å². The van der Waals surface area contributed by atoms with Gasteiger partial charge in [0.05, 0.1) is 48.8 Å². The van der Waals surface area contributed by atoms with E-state index in [0.717, 1.165) is 72.9 Å². The molecule has 3 saturated carbocycles. The fourth-order valence-corrected chi connectivity index (χ4v) is 11.6. The molecule has 1 aromatic heterocycles. The molecule has 0 radical (unpaired) electrons. The van der Waals surface area contributed by atoms with Crippen molar-refractivity contribution in [2.75, 3.05) is 20.3 Å². The number of hydrogen-bond donors (Lipinski definition) is 1. The summed E-state index contributed by atoms with van der Waals surface area (Å²) in [5.74, 6) is 0.861. The van der Waals surface area contributed by atoms with Crippen molar-refractivity contribution in [2.45, 2.75) is 113 Å². The fourth-order valence-electron chi connectivity index (χ4n) is 10.1. The Morgan fingerprint density at radius 3 is 2.38 bits per heavy atom. The van der Waals surface area contributed by atoms with Crippen LogP contribution < -0.4 is 9.46 Å². The first-order valence-electron chi connectivity index (χ1n) is 18.1. The molecule has 5 fully saturated rings. The van der Waals surface area contributed by atoms with Crippen molar-refractivity contribution in [1.82, 2.24) is 14.2 Å². The van der Waals surface area contributed by atoms with Gasteiger partial charge in [0.15, 0.2) is 0 Å². The van der Waals surface area contributed by atoms with E-state index in [1.165, 1.54) is 30.4 Å². The van der Waals surface area contributed by atoms with Gasteiger partial charge in [0, 0.05) is 34.5 Å². The van der Waals surface area contributed by atoms with E-state index in [1.54, 1.807) is 13.2 Å². The summed E-state index contributed by atoms with van der Waals surface area (Å²) in [6.07, 6.45) is 11.4. The number of nitrogens with one attached hydrogen (secondary N) is 1. The van der Waals surface area contributed by atoms with Crippen LogP contribution in [0.15, 0.2) is 36.4 Å². The lowest BCUT2D eigenvalue weighted by atomic mass is 9.81. The normalized spacial score (nSPS) is 28.4. The predicted octanol–water partition coefficient (Wildman–Crippen LogP) is 6.24.